The van der Waals surface area contributed by atoms with E-state index in [9.17, 15) is 0 Å². The third-order valence-corrected chi connectivity index (χ3v) is 3.45. The summed E-state index contributed by atoms with van der Waals surface area (Å²) in [6, 6.07) is 0. The van der Waals surface area contributed by atoms with Crippen LogP contribution < -0.4 is 5.73 Å². The van der Waals surface area contributed by atoms with Gasteiger partial charge in [-0.05, 0) is 32.2 Å². The zero-order valence-electron chi connectivity index (χ0n) is 9.85. The van der Waals surface area contributed by atoms with E-state index in [-0.39, 0.29) is 6.10 Å². The summed E-state index contributed by atoms with van der Waals surface area (Å²) in [5, 5.41) is 3.95. The number of hydrogen-bond donors (Lipinski definition) is 1. The number of ether oxygens (including phenoxy) is 1. The Morgan fingerprint density at radius 1 is 1.56 bits per heavy atom. The molecule has 3 unspecified atom stereocenters. The van der Waals surface area contributed by atoms with Crippen LogP contribution in [0, 0.1) is 5.92 Å². The molecule has 0 bridgehead atoms. The van der Waals surface area contributed by atoms with Crippen LogP contribution in [-0.2, 0) is 4.74 Å². The number of nitrogens with zero attached hydrogens (tertiary/aromatic N) is 2. The van der Waals surface area contributed by atoms with Crippen molar-refractivity contribution in [3.8, 4) is 0 Å². The molecule has 1 aromatic heterocycles. The minimum Gasteiger partial charge on any atom is -0.374 e. The number of rotatable bonds is 4. The normalized spacial score (nSPS) is 27.2. The minimum atomic E-state index is -0.116. The van der Waals surface area contributed by atoms with Gasteiger partial charge in [-0.2, -0.15) is 4.98 Å². The summed E-state index contributed by atoms with van der Waals surface area (Å²) in [5.41, 5.74) is 5.74. The summed E-state index contributed by atoms with van der Waals surface area (Å²) in [4.78, 5) is 4.40. The maximum Gasteiger partial charge on any atom is 0.230 e. The average molecular weight is 225 g/mol. The van der Waals surface area contributed by atoms with E-state index in [1.165, 1.54) is 12.8 Å². The lowest BCUT2D eigenvalue weighted by Crippen LogP contribution is -2.17. The number of nitrogens with two attached hydrogens (primary N) is 1. The van der Waals surface area contributed by atoms with Crippen LogP contribution >= 0.6 is 0 Å². The van der Waals surface area contributed by atoms with Gasteiger partial charge in [-0.15, -0.1) is 0 Å². The van der Waals surface area contributed by atoms with Gasteiger partial charge in [0.25, 0.3) is 0 Å². The van der Waals surface area contributed by atoms with Crippen LogP contribution in [-0.4, -0.2) is 23.8 Å². The molecule has 1 fully saturated rings. The van der Waals surface area contributed by atoms with Gasteiger partial charge in [0.1, 0.15) is 6.10 Å². The van der Waals surface area contributed by atoms with Crippen molar-refractivity contribution in [1.82, 2.24) is 10.1 Å². The van der Waals surface area contributed by atoms with Crippen LogP contribution in [0.3, 0.4) is 0 Å². The Hall–Kier alpha value is -0.940. The molecule has 90 valence electrons. The van der Waals surface area contributed by atoms with E-state index in [1.54, 1.807) is 7.11 Å². The Bertz CT molecular complexity index is 340. The van der Waals surface area contributed by atoms with E-state index in [1.807, 2.05) is 6.92 Å². The largest absolute Gasteiger partial charge is 0.374 e. The number of hydrogen-bond acceptors (Lipinski definition) is 5. The van der Waals surface area contributed by atoms with Crippen molar-refractivity contribution in [3.05, 3.63) is 11.7 Å². The lowest BCUT2D eigenvalue weighted by Gasteiger charge is -2.12. The number of methoxy groups -OCH3 is 1. The Morgan fingerprint density at radius 2 is 2.38 bits per heavy atom. The molecule has 3 atom stereocenters. The van der Waals surface area contributed by atoms with Crippen molar-refractivity contribution in [2.24, 2.45) is 11.7 Å². The third-order valence-electron chi connectivity index (χ3n) is 3.45. The topological polar surface area (TPSA) is 74.2 Å². The highest BCUT2D eigenvalue weighted by Crippen LogP contribution is 2.38. The van der Waals surface area contributed by atoms with Crippen LogP contribution in [0.15, 0.2) is 4.52 Å². The molecule has 0 spiro atoms. The van der Waals surface area contributed by atoms with Gasteiger partial charge >= 0.3 is 0 Å². The molecular weight excluding hydrogens is 206 g/mol. The molecule has 0 aromatic carbocycles. The molecule has 0 aliphatic heterocycles. The quantitative estimate of drug-likeness (QED) is 0.842. The zero-order valence-corrected chi connectivity index (χ0v) is 9.85. The molecule has 2 N–H and O–H groups in total. The van der Waals surface area contributed by atoms with Crippen molar-refractivity contribution in [3.63, 3.8) is 0 Å². The monoisotopic (exact) mass is 225 g/mol. The summed E-state index contributed by atoms with van der Waals surface area (Å²) in [6.07, 6.45) is 3.35. The fraction of sp³-hybridized carbons (Fsp3) is 0.818. The second-order valence-corrected chi connectivity index (χ2v) is 4.40. The first-order chi connectivity index (χ1) is 7.76. The fourth-order valence-electron chi connectivity index (χ4n) is 2.31. The molecule has 5 heteroatoms. The van der Waals surface area contributed by atoms with Crippen LogP contribution in [0.5, 0.6) is 0 Å². The third kappa shape index (κ3) is 2.10. The van der Waals surface area contributed by atoms with Gasteiger partial charge in [0.2, 0.25) is 5.89 Å². The summed E-state index contributed by atoms with van der Waals surface area (Å²) in [6.45, 7) is 2.60. The van der Waals surface area contributed by atoms with Crippen LogP contribution in [0.25, 0.3) is 0 Å². The average Bonchev–Trinajstić information content (AvgIpc) is 2.95. The summed E-state index contributed by atoms with van der Waals surface area (Å²) >= 11 is 0. The molecule has 0 radical (unpaired) electrons. The minimum absolute atomic E-state index is 0.116. The van der Waals surface area contributed by atoms with E-state index < -0.39 is 0 Å². The Kier molecular flexibility index (Phi) is 3.56. The maximum atomic E-state index is 5.74. The van der Waals surface area contributed by atoms with Gasteiger partial charge in [-0.25, -0.2) is 0 Å². The standard InChI is InChI=1S/C11H19N3O2/c1-7(15-2)10-13-11(16-14-10)9-5-3-4-8(9)6-12/h7-9H,3-6,12H2,1-2H3. The van der Waals surface area contributed by atoms with Gasteiger partial charge in [0.05, 0.1) is 0 Å². The van der Waals surface area contributed by atoms with E-state index in [0.717, 1.165) is 12.3 Å². The molecule has 1 aliphatic carbocycles. The summed E-state index contributed by atoms with van der Waals surface area (Å²) in [7, 11) is 1.64. The highest BCUT2D eigenvalue weighted by Gasteiger charge is 2.32. The van der Waals surface area contributed by atoms with Gasteiger partial charge in [-0.3, -0.25) is 0 Å². The van der Waals surface area contributed by atoms with Gasteiger partial charge in [-0.1, -0.05) is 11.6 Å². The zero-order chi connectivity index (χ0) is 11.5. The predicted molar refractivity (Wildman–Crippen MR) is 58.9 cm³/mol. The first-order valence-corrected chi connectivity index (χ1v) is 5.82. The smallest absolute Gasteiger partial charge is 0.230 e. The summed E-state index contributed by atoms with van der Waals surface area (Å²) < 4.78 is 10.5. The van der Waals surface area contributed by atoms with Crippen molar-refractivity contribution >= 4 is 0 Å². The predicted octanol–water partition coefficient (Wildman–Crippen LogP) is 1.62. The lowest BCUT2D eigenvalue weighted by molar-refractivity contribution is 0.109. The highest BCUT2D eigenvalue weighted by atomic mass is 16.5. The van der Waals surface area contributed by atoms with Crippen molar-refractivity contribution in [2.45, 2.75) is 38.2 Å². The molecule has 1 saturated carbocycles. The Balaban J connectivity index is 2.12. The van der Waals surface area contributed by atoms with Crippen molar-refractivity contribution in [1.29, 1.82) is 0 Å². The van der Waals surface area contributed by atoms with E-state index in [0.29, 0.717) is 24.2 Å². The fourth-order valence-corrected chi connectivity index (χ4v) is 2.31. The Morgan fingerprint density at radius 3 is 3.06 bits per heavy atom. The van der Waals surface area contributed by atoms with E-state index in [4.69, 9.17) is 15.0 Å². The van der Waals surface area contributed by atoms with Gasteiger partial charge < -0.3 is 15.0 Å². The van der Waals surface area contributed by atoms with Crippen LogP contribution in [0.1, 0.15) is 49.9 Å². The Labute approximate surface area is 95.3 Å². The maximum absolute atomic E-state index is 5.74. The molecule has 0 saturated heterocycles. The van der Waals surface area contributed by atoms with E-state index >= 15 is 0 Å². The lowest BCUT2D eigenvalue weighted by atomic mass is 9.96. The number of aromatic nitrogens is 2. The van der Waals surface area contributed by atoms with Crippen LogP contribution in [0.2, 0.25) is 0 Å². The molecular formula is C11H19N3O2. The van der Waals surface area contributed by atoms with E-state index in [2.05, 4.69) is 10.1 Å². The SMILES string of the molecule is COC(C)c1noc(C2CCCC2CN)n1. The van der Waals surface area contributed by atoms with Crippen LogP contribution in [0.4, 0.5) is 0 Å². The first-order valence-electron chi connectivity index (χ1n) is 5.82. The summed E-state index contributed by atoms with van der Waals surface area (Å²) in [5.74, 6) is 2.19. The molecule has 5 nitrogen and oxygen atoms in total. The van der Waals surface area contributed by atoms with Crippen molar-refractivity contribution in [2.75, 3.05) is 13.7 Å². The molecule has 1 aromatic rings. The highest BCUT2D eigenvalue weighted by molar-refractivity contribution is 5.01. The van der Waals surface area contributed by atoms with Gasteiger partial charge in [0.15, 0.2) is 5.82 Å². The van der Waals surface area contributed by atoms with Gasteiger partial charge in [0, 0.05) is 13.0 Å². The molecule has 16 heavy (non-hydrogen) atoms. The molecule has 0 amide bonds. The molecule has 1 aliphatic rings. The second-order valence-electron chi connectivity index (χ2n) is 4.40. The molecule has 2 rings (SSSR count). The first kappa shape index (κ1) is 11.5. The second kappa shape index (κ2) is 4.93. The van der Waals surface area contributed by atoms with Crippen molar-refractivity contribution < 1.29 is 9.26 Å². The molecule has 1 heterocycles.